The Balaban J connectivity index is 1.55. The van der Waals surface area contributed by atoms with Crippen LogP contribution in [0.3, 0.4) is 0 Å². The van der Waals surface area contributed by atoms with Crippen molar-refractivity contribution >= 4 is 22.6 Å². The number of nitrogens with one attached hydrogen (secondary N) is 1. The van der Waals surface area contributed by atoms with E-state index in [0.29, 0.717) is 29.0 Å². The fraction of sp³-hybridized carbons (Fsp3) is 0.360. The topological polar surface area (TPSA) is 77.8 Å². The van der Waals surface area contributed by atoms with Gasteiger partial charge in [-0.3, -0.25) is 4.79 Å². The van der Waals surface area contributed by atoms with Crippen molar-refractivity contribution in [2.24, 2.45) is 0 Å². The van der Waals surface area contributed by atoms with Gasteiger partial charge in [0.25, 0.3) is 5.91 Å². The zero-order valence-corrected chi connectivity index (χ0v) is 18.1. The second-order valence-electron chi connectivity index (χ2n) is 7.45. The number of carbonyl (C=O) groups is 1. The molecule has 2 aromatic carbocycles. The number of hydrogen-bond acceptors (Lipinski definition) is 5. The number of ether oxygens (including phenoxy) is 2. The Kier molecular flexibility index (Phi) is 8.10. The van der Waals surface area contributed by atoms with Gasteiger partial charge in [-0.25, -0.2) is 4.79 Å². The van der Waals surface area contributed by atoms with Crippen LogP contribution < -0.4 is 20.4 Å². The summed E-state index contributed by atoms with van der Waals surface area (Å²) in [5.74, 6) is 0.810. The Morgan fingerprint density at radius 3 is 2.39 bits per heavy atom. The number of hydrogen-bond donors (Lipinski definition) is 1. The smallest absolute Gasteiger partial charge is 0.349 e. The molecule has 0 saturated carbocycles. The van der Waals surface area contributed by atoms with Gasteiger partial charge in [0.2, 0.25) is 0 Å². The number of rotatable bonds is 11. The summed E-state index contributed by atoms with van der Waals surface area (Å²) in [5.41, 5.74) is 0.192. The van der Waals surface area contributed by atoms with E-state index in [9.17, 15) is 9.59 Å². The third kappa shape index (κ3) is 6.35. The third-order valence-corrected chi connectivity index (χ3v) is 5.07. The number of benzene rings is 2. The molecule has 1 aromatic heterocycles. The van der Waals surface area contributed by atoms with Crippen molar-refractivity contribution in [3.63, 3.8) is 0 Å². The third-order valence-electron chi connectivity index (χ3n) is 5.07. The summed E-state index contributed by atoms with van der Waals surface area (Å²) in [6.45, 7) is 2.89. The Morgan fingerprint density at radius 1 is 0.935 bits per heavy atom. The van der Waals surface area contributed by atoms with Crippen LogP contribution in [0.2, 0.25) is 0 Å². The predicted octanol–water partition coefficient (Wildman–Crippen LogP) is 5.79. The molecule has 31 heavy (non-hydrogen) atoms. The van der Waals surface area contributed by atoms with Gasteiger partial charge >= 0.3 is 5.63 Å². The summed E-state index contributed by atoms with van der Waals surface area (Å²) in [7, 11) is 1.53. The largest absolute Gasteiger partial charge is 0.497 e. The molecule has 0 aliphatic carbocycles. The number of fused-ring (bicyclic) bond motifs is 1. The molecule has 1 amide bonds. The van der Waals surface area contributed by atoms with Gasteiger partial charge in [-0.2, -0.15) is 0 Å². The molecule has 0 bridgehead atoms. The van der Waals surface area contributed by atoms with E-state index < -0.39 is 11.5 Å². The van der Waals surface area contributed by atoms with Gasteiger partial charge in [-0.15, -0.1) is 0 Å². The van der Waals surface area contributed by atoms with Crippen LogP contribution in [0.5, 0.6) is 11.5 Å². The molecule has 0 aliphatic rings. The summed E-state index contributed by atoms with van der Waals surface area (Å²) in [6, 6.07) is 13.7. The number of amides is 1. The summed E-state index contributed by atoms with van der Waals surface area (Å²) in [6.07, 6.45) is 7.29. The predicted molar refractivity (Wildman–Crippen MR) is 122 cm³/mol. The fourth-order valence-corrected chi connectivity index (χ4v) is 3.28. The second-order valence-corrected chi connectivity index (χ2v) is 7.45. The van der Waals surface area contributed by atoms with Crippen LogP contribution in [-0.2, 0) is 0 Å². The second kappa shape index (κ2) is 11.2. The van der Waals surface area contributed by atoms with Crippen LogP contribution in [0.15, 0.2) is 57.7 Å². The maximum atomic E-state index is 12.6. The van der Waals surface area contributed by atoms with Crippen molar-refractivity contribution in [1.29, 1.82) is 0 Å². The van der Waals surface area contributed by atoms with E-state index in [-0.39, 0.29) is 5.56 Å². The molecule has 0 spiro atoms. The van der Waals surface area contributed by atoms with Gasteiger partial charge in [0.15, 0.2) is 0 Å². The van der Waals surface area contributed by atoms with Crippen molar-refractivity contribution in [2.75, 3.05) is 19.0 Å². The Bertz CT molecular complexity index is 1060. The Morgan fingerprint density at radius 2 is 1.65 bits per heavy atom. The minimum absolute atomic E-state index is 0.0546. The van der Waals surface area contributed by atoms with Crippen molar-refractivity contribution in [3.05, 3.63) is 64.5 Å². The molecule has 0 aliphatic heterocycles. The van der Waals surface area contributed by atoms with E-state index in [1.165, 1.54) is 45.3 Å². The number of methoxy groups -OCH3 is 1. The summed E-state index contributed by atoms with van der Waals surface area (Å²) in [4.78, 5) is 24.8. The highest BCUT2D eigenvalue weighted by atomic mass is 16.5. The lowest BCUT2D eigenvalue weighted by atomic mass is 10.1. The highest BCUT2D eigenvalue weighted by Gasteiger charge is 2.14. The van der Waals surface area contributed by atoms with E-state index in [1.54, 1.807) is 30.3 Å². The minimum atomic E-state index is -0.697. The van der Waals surface area contributed by atoms with E-state index in [4.69, 9.17) is 13.9 Å². The molecule has 0 fully saturated rings. The number of carbonyl (C=O) groups excluding carboxylic acids is 1. The van der Waals surface area contributed by atoms with E-state index in [0.717, 1.165) is 12.2 Å². The summed E-state index contributed by atoms with van der Waals surface area (Å²) < 4.78 is 16.2. The van der Waals surface area contributed by atoms with E-state index in [1.807, 2.05) is 12.1 Å². The Labute approximate surface area is 182 Å². The van der Waals surface area contributed by atoms with Crippen LogP contribution in [0.25, 0.3) is 11.0 Å². The fourth-order valence-electron chi connectivity index (χ4n) is 3.28. The minimum Gasteiger partial charge on any atom is -0.497 e. The average Bonchev–Trinajstić information content (AvgIpc) is 2.78. The molecule has 6 nitrogen and oxygen atoms in total. The summed E-state index contributed by atoms with van der Waals surface area (Å²) >= 11 is 0. The first kappa shape index (κ1) is 22.4. The SMILES string of the molecule is CCCCCCCCOc1ccc(NC(=O)c2cc3ccc(OC)cc3oc2=O)cc1. The summed E-state index contributed by atoms with van der Waals surface area (Å²) in [5, 5.41) is 3.37. The number of anilines is 1. The highest BCUT2D eigenvalue weighted by Crippen LogP contribution is 2.21. The first-order chi connectivity index (χ1) is 15.1. The molecule has 0 unspecified atom stereocenters. The standard InChI is InChI=1S/C25H29NO5/c1-3-4-5-6-7-8-15-30-20-13-10-19(11-14-20)26-24(27)22-16-18-9-12-21(29-2)17-23(18)31-25(22)28/h9-14,16-17H,3-8,15H2,1-2H3,(H,26,27). The lowest BCUT2D eigenvalue weighted by Crippen LogP contribution is -2.20. The van der Waals surface area contributed by atoms with Crippen molar-refractivity contribution in [3.8, 4) is 11.5 Å². The molecule has 0 atom stereocenters. The molecule has 0 saturated heterocycles. The molecule has 164 valence electrons. The van der Waals surface area contributed by atoms with Crippen molar-refractivity contribution in [1.82, 2.24) is 0 Å². The first-order valence-corrected chi connectivity index (χ1v) is 10.8. The lowest BCUT2D eigenvalue weighted by Gasteiger charge is -2.09. The normalized spacial score (nSPS) is 10.8. The molecule has 6 heteroatoms. The van der Waals surface area contributed by atoms with Gasteiger partial charge < -0.3 is 19.2 Å². The van der Waals surface area contributed by atoms with Gasteiger partial charge in [0.05, 0.1) is 13.7 Å². The van der Waals surface area contributed by atoms with Gasteiger partial charge in [-0.05, 0) is 48.9 Å². The molecular formula is C25H29NO5. The van der Waals surface area contributed by atoms with Crippen LogP contribution in [0, 0.1) is 0 Å². The molecule has 1 N–H and O–H groups in total. The van der Waals surface area contributed by atoms with Gasteiger partial charge in [0.1, 0.15) is 22.6 Å². The maximum absolute atomic E-state index is 12.6. The molecule has 3 aromatic rings. The molecule has 1 heterocycles. The Hall–Kier alpha value is -3.28. The molecule has 0 radical (unpaired) electrons. The van der Waals surface area contributed by atoms with Crippen molar-refractivity contribution < 1.29 is 18.7 Å². The van der Waals surface area contributed by atoms with Crippen LogP contribution in [-0.4, -0.2) is 19.6 Å². The molecular weight excluding hydrogens is 394 g/mol. The number of unbranched alkanes of at least 4 members (excludes halogenated alkanes) is 5. The van der Waals surface area contributed by atoms with Crippen LogP contribution >= 0.6 is 0 Å². The first-order valence-electron chi connectivity index (χ1n) is 10.8. The lowest BCUT2D eigenvalue weighted by molar-refractivity contribution is 0.102. The van der Waals surface area contributed by atoms with Gasteiger partial charge in [-0.1, -0.05) is 39.0 Å². The average molecular weight is 424 g/mol. The molecule has 3 rings (SSSR count). The quantitative estimate of drug-likeness (QED) is 0.312. The van der Waals surface area contributed by atoms with Crippen LogP contribution in [0.4, 0.5) is 5.69 Å². The van der Waals surface area contributed by atoms with Crippen LogP contribution in [0.1, 0.15) is 55.8 Å². The zero-order valence-electron chi connectivity index (χ0n) is 18.1. The van der Waals surface area contributed by atoms with E-state index in [2.05, 4.69) is 12.2 Å². The van der Waals surface area contributed by atoms with E-state index >= 15 is 0 Å². The van der Waals surface area contributed by atoms with Crippen molar-refractivity contribution in [2.45, 2.75) is 45.4 Å². The highest BCUT2D eigenvalue weighted by molar-refractivity contribution is 6.05. The van der Waals surface area contributed by atoms with Gasteiger partial charge in [0, 0.05) is 17.1 Å². The monoisotopic (exact) mass is 423 g/mol. The zero-order chi connectivity index (χ0) is 22.1. The maximum Gasteiger partial charge on any atom is 0.349 e.